The highest BCUT2D eigenvalue weighted by molar-refractivity contribution is 5.94. The zero-order valence-electron chi connectivity index (χ0n) is 17.8. The first-order chi connectivity index (χ1) is 15.7. The van der Waals surface area contributed by atoms with Gasteiger partial charge in [-0.05, 0) is 29.8 Å². The Morgan fingerprint density at radius 1 is 0.938 bits per heavy atom. The molecule has 1 amide bonds. The Kier molecular flexibility index (Phi) is 6.46. The van der Waals surface area contributed by atoms with Gasteiger partial charge in [-0.25, -0.2) is 0 Å². The molecule has 4 rings (SSSR count). The highest BCUT2D eigenvalue weighted by Gasteiger charge is 2.23. The molecule has 0 spiro atoms. The molecule has 1 heterocycles. The molecular formula is C25H23N3O4. The van der Waals surface area contributed by atoms with Gasteiger partial charge in [0, 0.05) is 23.6 Å². The Labute approximate surface area is 186 Å². The first kappa shape index (κ1) is 21.1. The summed E-state index contributed by atoms with van der Waals surface area (Å²) >= 11 is 0. The molecule has 3 aromatic carbocycles. The van der Waals surface area contributed by atoms with Crippen molar-refractivity contribution in [2.45, 2.75) is 12.5 Å². The van der Waals surface area contributed by atoms with Gasteiger partial charge < -0.3 is 19.3 Å². The predicted molar refractivity (Wildman–Crippen MR) is 120 cm³/mol. The van der Waals surface area contributed by atoms with Crippen molar-refractivity contribution in [1.82, 2.24) is 15.5 Å². The van der Waals surface area contributed by atoms with E-state index in [1.54, 1.807) is 44.6 Å². The summed E-state index contributed by atoms with van der Waals surface area (Å²) in [6, 6.07) is 23.7. The summed E-state index contributed by atoms with van der Waals surface area (Å²) in [7, 11) is 3.16. The number of amides is 1. The van der Waals surface area contributed by atoms with Gasteiger partial charge in [0.25, 0.3) is 5.91 Å². The van der Waals surface area contributed by atoms with Crippen LogP contribution < -0.4 is 14.8 Å². The van der Waals surface area contributed by atoms with Crippen LogP contribution >= 0.6 is 0 Å². The summed E-state index contributed by atoms with van der Waals surface area (Å²) in [5.74, 6) is 1.71. The van der Waals surface area contributed by atoms with Crippen LogP contribution in [-0.2, 0) is 6.42 Å². The van der Waals surface area contributed by atoms with Crippen molar-refractivity contribution in [3.05, 3.63) is 95.9 Å². The quantitative estimate of drug-likeness (QED) is 0.445. The van der Waals surface area contributed by atoms with Crippen LogP contribution in [0.3, 0.4) is 0 Å². The Balaban J connectivity index is 1.64. The number of carbonyl (C=O) groups is 1. The van der Waals surface area contributed by atoms with Gasteiger partial charge in [-0.15, -0.1) is 0 Å². The Morgan fingerprint density at radius 3 is 2.19 bits per heavy atom. The van der Waals surface area contributed by atoms with Gasteiger partial charge in [0.2, 0.25) is 11.7 Å². The maximum atomic E-state index is 12.8. The van der Waals surface area contributed by atoms with Crippen LogP contribution in [-0.4, -0.2) is 30.3 Å². The van der Waals surface area contributed by atoms with E-state index >= 15 is 0 Å². The first-order valence-corrected chi connectivity index (χ1v) is 10.1. The van der Waals surface area contributed by atoms with E-state index < -0.39 is 6.04 Å². The number of carbonyl (C=O) groups excluding carboxylic acids is 1. The molecule has 162 valence electrons. The molecular weight excluding hydrogens is 406 g/mol. The summed E-state index contributed by atoms with van der Waals surface area (Å²) in [6.07, 6.45) is 0.502. The van der Waals surface area contributed by atoms with Crippen LogP contribution in [0.1, 0.15) is 27.9 Å². The zero-order valence-corrected chi connectivity index (χ0v) is 17.8. The minimum atomic E-state index is -0.501. The van der Waals surface area contributed by atoms with Gasteiger partial charge in [0.15, 0.2) is 0 Å². The van der Waals surface area contributed by atoms with Gasteiger partial charge in [-0.2, -0.15) is 4.98 Å². The van der Waals surface area contributed by atoms with Crippen molar-refractivity contribution in [3.63, 3.8) is 0 Å². The number of benzene rings is 3. The van der Waals surface area contributed by atoms with E-state index in [0.29, 0.717) is 40.8 Å². The molecule has 0 saturated carbocycles. The standard InChI is InChI=1S/C25H23N3O4/c1-30-20-14-19(15-21(16-20)31-2)23-27-25(32-28-23)22(13-17-9-5-3-6-10-17)26-24(29)18-11-7-4-8-12-18/h3-12,14-16,22H,13H2,1-2H3,(H,26,29)/t22-/m1/s1. The fourth-order valence-electron chi connectivity index (χ4n) is 3.31. The van der Waals surface area contributed by atoms with Crippen molar-refractivity contribution in [3.8, 4) is 22.9 Å². The Bertz CT molecular complexity index is 1150. The smallest absolute Gasteiger partial charge is 0.251 e. The summed E-state index contributed by atoms with van der Waals surface area (Å²) in [6.45, 7) is 0. The van der Waals surface area contributed by atoms with E-state index in [-0.39, 0.29) is 5.91 Å². The van der Waals surface area contributed by atoms with Crippen molar-refractivity contribution in [2.24, 2.45) is 0 Å². The number of aromatic nitrogens is 2. The Hall–Kier alpha value is -4.13. The lowest BCUT2D eigenvalue weighted by Crippen LogP contribution is -2.30. The fraction of sp³-hybridized carbons (Fsp3) is 0.160. The molecule has 0 aliphatic carbocycles. The molecule has 1 aromatic heterocycles. The molecule has 32 heavy (non-hydrogen) atoms. The van der Waals surface area contributed by atoms with Gasteiger partial charge >= 0.3 is 0 Å². The predicted octanol–water partition coefficient (Wildman–Crippen LogP) is 4.47. The molecule has 0 saturated heterocycles. The summed E-state index contributed by atoms with van der Waals surface area (Å²) in [5, 5.41) is 7.15. The second-order valence-corrected chi connectivity index (χ2v) is 7.14. The summed E-state index contributed by atoms with van der Waals surface area (Å²) in [4.78, 5) is 17.4. The largest absolute Gasteiger partial charge is 0.497 e. The molecule has 0 bridgehead atoms. The first-order valence-electron chi connectivity index (χ1n) is 10.1. The monoisotopic (exact) mass is 429 g/mol. The van der Waals surface area contributed by atoms with Gasteiger partial charge in [0.05, 0.1) is 14.2 Å². The number of hydrogen-bond donors (Lipinski definition) is 1. The van der Waals surface area contributed by atoms with Crippen molar-refractivity contribution in [2.75, 3.05) is 14.2 Å². The van der Waals surface area contributed by atoms with E-state index in [1.165, 1.54) is 0 Å². The van der Waals surface area contributed by atoms with Crippen LogP contribution in [0.15, 0.2) is 83.4 Å². The minimum absolute atomic E-state index is 0.214. The fourth-order valence-corrected chi connectivity index (χ4v) is 3.31. The maximum Gasteiger partial charge on any atom is 0.251 e. The Morgan fingerprint density at radius 2 is 1.56 bits per heavy atom. The number of hydrogen-bond acceptors (Lipinski definition) is 6. The number of ether oxygens (including phenoxy) is 2. The number of nitrogens with zero attached hydrogens (tertiary/aromatic N) is 2. The molecule has 0 radical (unpaired) electrons. The van der Waals surface area contributed by atoms with E-state index in [0.717, 1.165) is 5.56 Å². The van der Waals surface area contributed by atoms with Crippen LogP contribution in [0.25, 0.3) is 11.4 Å². The average Bonchev–Trinajstić information content (AvgIpc) is 3.35. The SMILES string of the molecule is COc1cc(OC)cc(-c2noc([C@@H](Cc3ccccc3)NC(=O)c3ccccc3)n2)c1. The third-order valence-corrected chi connectivity index (χ3v) is 4.97. The van der Waals surface area contributed by atoms with E-state index in [4.69, 9.17) is 14.0 Å². The molecule has 7 heteroatoms. The van der Waals surface area contributed by atoms with Crippen molar-refractivity contribution >= 4 is 5.91 Å². The van der Waals surface area contributed by atoms with Gasteiger partial charge in [-0.3, -0.25) is 4.79 Å². The van der Waals surface area contributed by atoms with Crippen molar-refractivity contribution < 1.29 is 18.8 Å². The highest BCUT2D eigenvalue weighted by Crippen LogP contribution is 2.29. The lowest BCUT2D eigenvalue weighted by molar-refractivity contribution is 0.0928. The number of nitrogens with one attached hydrogen (secondary N) is 1. The molecule has 0 aliphatic heterocycles. The second-order valence-electron chi connectivity index (χ2n) is 7.14. The van der Waals surface area contributed by atoms with Crippen LogP contribution in [0.2, 0.25) is 0 Å². The van der Waals surface area contributed by atoms with Gasteiger partial charge in [-0.1, -0.05) is 53.7 Å². The van der Waals surface area contributed by atoms with Crippen LogP contribution in [0, 0.1) is 0 Å². The average molecular weight is 429 g/mol. The molecule has 1 atom stereocenters. The summed E-state index contributed by atoms with van der Waals surface area (Å²) < 4.78 is 16.2. The van der Waals surface area contributed by atoms with Gasteiger partial charge in [0.1, 0.15) is 17.5 Å². The van der Waals surface area contributed by atoms with Crippen LogP contribution in [0.4, 0.5) is 0 Å². The second kappa shape index (κ2) is 9.78. The van der Waals surface area contributed by atoms with Crippen LogP contribution in [0.5, 0.6) is 11.5 Å². The molecule has 0 aliphatic rings. The molecule has 7 nitrogen and oxygen atoms in total. The zero-order chi connectivity index (χ0) is 22.3. The van der Waals surface area contributed by atoms with E-state index in [1.807, 2.05) is 48.5 Å². The highest BCUT2D eigenvalue weighted by atomic mass is 16.5. The van der Waals surface area contributed by atoms with Crippen molar-refractivity contribution in [1.29, 1.82) is 0 Å². The van der Waals surface area contributed by atoms with E-state index in [9.17, 15) is 4.79 Å². The number of methoxy groups -OCH3 is 2. The van der Waals surface area contributed by atoms with E-state index in [2.05, 4.69) is 15.5 Å². The third-order valence-electron chi connectivity index (χ3n) is 4.97. The minimum Gasteiger partial charge on any atom is -0.497 e. The lowest BCUT2D eigenvalue weighted by atomic mass is 10.1. The summed E-state index contributed by atoms with van der Waals surface area (Å²) in [5.41, 5.74) is 2.28. The third kappa shape index (κ3) is 4.95. The topological polar surface area (TPSA) is 86.5 Å². The molecule has 1 N–H and O–H groups in total. The maximum absolute atomic E-state index is 12.8. The molecule has 4 aromatic rings. The molecule has 0 unspecified atom stereocenters. The molecule has 0 fully saturated rings. The normalized spacial score (nSPS) is 11.6. The lowest BCUT2D eigenvalue weighted by Gasteiger charge is -2.15. The number of rotatable bonds is 8.